The van der Waals surface area contributed by atoms with Crippen molar-refractivity contribution in [3.05, 3.63) is 77.6 Å². The number of ether oxygens (including phenoxy) is 1. The van der Waals surface area contributed by atoms with Gasteiger partial charge in [0.2, 0.25) is 5.89 Å². The topological polar surface area (TPSA) is 64.4 Å². The Labute approximate surface area is 167 Å². The minimum atomic E-state index is -0.360. The Hall–Kier alpha value is -3.67. The summed E-state index contributed by atoms with van der Waals surface area (Å²) in [6.45, 7) is 3.85. The Morgan fingerprint density at radius 1 is 1.07 bits per heavy atom. The van der Waals surface area contributed by atoms with Crippen LogP contribution in [0.5, 0.6) is 5.75 Å². The van der Waals surface area contributed by atoms with Crippen LogP contribution in [0.15, 0.2) is 65.1 Å². The van der Waals surface area contributed by atoms with E-state index < -0.39 is 0 Å². The Morgan fingerprint density at radius 2 is 1.86 bits per heavy atom. The van der Waals surface area contributed by atoms with Gasteiger partial charge in [0.25, 0.3) is 5.91 Å². The smallest absolute Gasteiger partial charge is 0.262 e. The van der Waals surface area contributed by atoms with E-state index in [4.69, 9.17) is 9.15 Å². The molecule has 0 aliphatic heterocycles. The van der Waals surface area contributed by atoms with Crippen LogP contribution in [-0.2, 0) is 4.79 Å². The van der Waals surface area contributed by atoms with Crippen molar-refractivity contribution in [1.82, 2.24) is 4.98 Å². The quantitative estimate of drug-likeness (QED) is 0.504. The number of fused-ring (bicyclic) bond motifs is 1. The first-order valence-electron chi connectivity index (χ1n) is 9.14. The summed E-state index contributed by atoms with van der Waals surface area (Å²) in [4.78, 5) is 16.6. The Morgan fingerprint density at radius 3 is 2.62 bits per heavy atom. The molecule has 0 saturated heterocycles. The number of nitrogens with zero attached hydrogens (tertiary/aromatic N) is 1. The van der Waals surface area contributed by atoms with Gasteiger partial charge in [-0.05, 0) is 73.5 Å². The molecule has 1 aromatic heterocycles. The third-order valence-electron chi connectivity index (χ3n) is 4.31. The summed E-state index contributed by atoms with van der Waals surface area (Å²) in [6.07, 6.45) is 0. The van der Waals surface area contributed by atoms with Crippen molar-refractivity contribution < 1.29 is 18.3 Å². The van der Waals surface area contributed by atoms with E-state index in [0.717, 1.165) is 11.1 Å². The summed E-state index contributed by atoms with van der Waals surface area (Å²) in [5.74, 6) is 0.337. The fourth-order valence-corrected chi connectivity index (χ4v) is 3.11. The average molecular weight is 390 g/mol. The number of nitrogens with one attached hydrogen (secondary N) is 1. The molecule has 0 fully saturated rings. The third-order valence-corrected chi connectivity index (χ3v) is 4.31. The van der Waals surface area contributed by atoms with Gasteiger partial charge < -0.3 is 14.5 Å². The van der Waals surface area contributed by atoms with E-state index in [-0.39, 0.29) is 18.3 Å². The number of carbonyl (C=O) groups is 1. The van der Waals surface area contributed by atoms with Crippen molar-refractivity contribution in [2.75, 3.05) is 11.9 Å². The molecule has 0 atom stereocenters. The number of amides is 1. The number of anilines is 1. The zero-order valence-corrected chi connectivity index (χ0v) is 16.0. The Bertz CT molecular complexity index is 1180. The maximum Gasteiger partial charge on any atom is 0.262 e. The first-order valence-corrected chi connectivity index (χ1v) is 9.14. The highest BCUT2D eigenvalue weighted by atomic mass is 19.1. The largest absolute Gasteiger partial charge is 0.484 e. The zero-order valence-electron chi connectivity index (χ0n) is 16.0. The number of aromatic nitrogens is 1. The standard InChI is InChI=1S/C23H19FN2O3/c1-14-8-15(2)10-19(9-14)28-13-22(27)25-18-6-7-21-20(12-18)26-23(29-21)16-4-3-5-17(24)11-16/h3-12H,13H2,1-2H3,(H,25,27). The highest BCUT2D eigenvalue weighted by molar-refractivity contribution is 5.94. The van der Waals surface area contributed by atoms with Crippen LogP contribution in [0.1, 0.15) is 11.1 Å². The van der Waals surface area contributed by atoms with Crippen LogP contribution < -0.4 is 10.1 Å². The summed E-state index contributed by atoms with van der Waals surface area (Å²) in [5, 5.41) is 2.79. The fraction of sp³-hybridized carbons (Fsp3) is 0.130. The second kappa shape index (κ2) is 7.75. The van der Waals surface area contributed by atoms with Crippen LogP contribution in [0.25, 0.3) is 22.6 Å². The minimum absolute atomic E-state index is 0.103. The maximum absolute atomic E-state index is 13.4. The molecule has 0 aliphatic rings. The predicted molar refractivity (Wildman–Crippen MR) is 109 cm³/mol. The second-order valence-electron chi connectivity index (χ2n) is 6.87. The van der Waals surface area contributed by atoms with Gasteiger partial charge in [0.05, 0.1) is 0 Å². The van der Waals surface area contributed by atoms with Crippen LogP contribution in [-0.4, -0.2) is 17.5 Å². The SMILES string of the molecule is Cc1cc(C)cc(OCC(=O)Nc2ccc3oc(-c4cccc(F)c4)nc3c2)c1. The monoisotopic (exact) mass is 390 g/mol. The molecule has 4 rings (SSSR count). The van der Waals surface area contributed by atoms with Gasteiger partial charge in [-0.15, -0.1) is 0 Å². The third kappa shape index (κ3) is 4.43. The first kappa shape index (κ1) is 18.7. The number of benzene rings is 3. The molecule has 1 heterocycles. The van der Waals surface area contributed by atoms with Crippen molar-refractivity contribution in [3.63, 3.8) is 0 Å². The molecule has 1 amide bonds. The normalized spacial score (nSPS) is 10.9. The van der Waals surface area contributed by atoms with Crippen molar-refractivity contribution >= 4 is 22.7 Å². The van der Waals surface area contributed by atoms with Gasteiger partial charge in [0, 0.05) is 11.3 Å². The number of rotatable bonds is 5. The lowest BCUT2D eigenvalue weighted by Crippen LogP contribution is -2.20. The van der Waals surface area contributed by atoms with E-state index in [0.29, 0.717) is 34.0 Å². The van der Waals surface area contributed by atoms with E-state index in [1.54, 1.807) is 30.3 Å². The highest BCUT2D eigenvalue weighted by Crippen LogP contribution is 2.26. The van der Waals surface area contributed by atoms with E-state index in [9.17, 15) is 9.18 Å². The van der Waals surface area contributed by atoms with Crippen LogP contribution in [0.3, 0.4) is 0 Å². The molecule has 0 radical (unpaired) electrons. The number of carbonyl (C=O) groups excluding carboxylic acids is 1. The molecular weight excluding hydrogens is 371 g/mol. The second-order valence-corrected chi connectivity index (χ2v) is 6.87. The van der Waals surface area contributed by atoms with Crippen LogP contribution in [0.2, 0.25) is 0 Å². The summed E-state index contributed by atoms with van der Waals surface area (Å²) >= 11 is 0. The molecule has 0 spiro atoms. The summed E-state index contributed by atoms with van der Waals surface area (Å²) in [5.41, 5.74) is 4.39. The maximum atomic E-state index is 13.4. The van der Waals surface area contributed by atoms with Crippen molar-refractivity contribution in [3.8, 4) is 17.2 Å². The van der Waals surface area contributed by atoms with Gasteiger partial charge >= 0.3 is 0 Å². The number of hydrogen-bond donors (Lipinski definition) is 1. The summed E-state index contributed by atoms with van der Waals surface area (Å²) in [7, 11) is 0. The Kier molecular flexibility index (Phi) is 4.99. The van der Waals surface area contributed by atoms with Crippen LogP contribution >= 0.6 is 0 Å². The molecule has 0 aliphatic carbocycles. The molecular formula is C23H19FN2O3. The predicted octanol–water partition coefficient (Wildman–Crippen LogP) is 5.27. The number of oxazole rings is 1. The summed E-state index contributed by atoms with van der Waals surface area (Å²) in [6, 6.07) is 17.0. The van der Waals surface area contributed by atoms with Crippen LogP contribution in [0.4, 0.5) is 10.1 Å². The molecule has 29 heavy (non-hydrogen) atoms. The average Bonchev–Trinajstić information content (AvgIpc) is 3.09. The first-order chi connectivity index (χ1) is 14.0. The van der Waals surface area contributed by atoms with Crippen molar-refractivity contribution in [2.24, 2.45) is 0 Å². The molecule has 6 heteroatoms. The molecule has 3 aromatic carbocycles. The van der Waals surface area contributed by atoms with Gasteiger partial charge in [-0.3, -0.25) is 4.79 Å². The fourth-order valence-electron chi connectivity index (χ4n) is 3.11. The van der Waals surface area contributed by atoms with Crippen molar-refractivity contribution in [2.45, 2.75) is 13.8 Å². The lowest BCUT2D eigenvalue weighted by molar-refractivity contribution is -0.118. The molecule has 5 nitrogen and oxygen atoms in total. The van der Waals surface area contributed by atoms with E-state index >= 15 is 0 Å². The molecule has 4 aromatic rings. The Balaban J connectivity index is 1.45. The molecule has 0 bridgehead atoms. The molecule has 0 unspecified atom stereocenters. The van der Waals surface area contributed by atoms with Gasteiger partial charge in [-0.25, -0.2) is 9.37 Å². The van der Waals surface area contributed by atoms with Crippen molar-refractivity contribution in [1.29, 1.82) is 0 Å². The lowest BCUT2D eigenvalue weighted by atomic mass is 10.1. The van der Waals surface area contributed by atoms with Crippen LogP contribution in [0, 0.1) is 19.7 Å². The van der Waals surface area contributed by atoms with E-state index in [1.165, 1.54) is 12.1 Å². The van der Waals surface area contributed by atoms with Gasteiger partial charge in [0.15, 0.2) is 12.2 Å². The molecule has 146 valence electrons. The zero-order chi connectivity index (χ0) is 20.4. The molecule has 0 saturated carbocycles. The molecule has 1 N–H and O–H groups in total. The van der Waals surface area contributed by atoms with E-state index in [1.807, 2.05) is 32.0 Å². The highest BCUT2D eigenvalue weighted by Gasteiger charge is 2.11. The lowest BCUT2D eigenvalue weighted by Gasteiger charge is -2.09. The summed E-state index contributed by atoms with van der Waals surface area (Å²) < 4.78 is 24.7. The minimum Gasteiger partial charge on any atom is -0.484 e. The van der Waals surface area contributed by atoms with Gasteiger partial charge in [-0.2, -0.15) is 0 Å². The number of halogens is 1. The van der Waals surface area contributed by atoms with Gasteiger partial charge in [0.1, 0.15) is 17.1 Å². The van der Waals surface area contributed by atoms with E-state index in [2.05, 4.69) is 10.3 Å². The number of aryl methyl sites for hydroxylation is 2. The van der Waals surface area contributed by atoms with Gasteiger partial charge in [-0.1, -0.05) is 12.1 Å². The number of hydrogen-bond acceptors (Lipinski definition) is 4.